The topological polar surface area (TPSA) is 66.8 Å². The van der Waals surface area contributed by atoms with E-state index in [9.17, 15) is 14.7 Å². The predicted molar refractivity (Wildman–Crippen MR) is 132 cm³/mol. The second-order valence-electron chi connectivity index (χ2n) is 7.33. The minimum Gasteiger partial charge on any atom is -0.484 e. The van der Waals surface area contributed by atoms with Crippen LogP contribution < -0.4 is 4.74 Å². The quantitative estimate of drug-likeness (QED) is 0.349. The zero-order chi connectivity index (χ0) is 23.6. The van der Waals surface area contributed by atoms with Gasteiger partial charge in [-0.15, -0.1) is 11.8 Å². The highest BCUT2D eigenvalue weighted by molar-refractivity contribution is 7.99. The van der Waals surface area contributed by atoms with E-state index in [4.69, 9.17) is 16.3 Å². The number of nitrogens with zero attached hydrogens (tertiary/aromatic N) is 1. The Kier molecular flexibility index (Phi) is 9.22. The normalized spacial score (nSPS) is 10.6. The fourth-order valence-corrected chi connectivity index (χ4v) is 4.48. The van der Waals surface area contributed by atoms with Crippen molar-refractivity contribution in [3.8, 4) is 5.75 Å². The molecular weight excluding hydrogens is 458 g/mol. The summed E-state index contributed by atoms with van der Waals surface area (Å²) in [5.74, 6) is 0.374. The van der Waals surface area contributed by atoms with Gasteiger partial charge in [-0.05, 0) is 54.8 Å². The van der Waals surface area contributed by atoms with Gasteiger partial charge in [0, 0.05) is 28.8 Å². The smallest absolute Gasteiger partial charge is 0.336 e. The van der Waals surface area contributed by atoms with Gasteiger partial charge in [-0.3, -0.25) is 4.79 Å². The first-order valence-corrected chi connectivity index (χ1v) is 12.0. The number of carbonyl (C=O) groups excluding carboxylic acids is 1. The van der Waals surface area contributed by atoms with E-state index in [2.05, 4.69) is 0 Å². The maximum absolute atomic E-state index is 12.6. The maximum atomic E-state index is 12.6. The van der Waals surface area contributed by atoms with E-state index in [1.165, 1.54) is 11.8 Å². The van der Waals surface area contributed by atoms with Gasteiger partial charge in [-0.2, -0.15) is 0 Å². The number of thioether (sulfide) groups is 1. The van der Waals surface area contributed by atoms with Crippen molar-refractivity contribution in [1.29, 1.82) is 0 Å². The summed E-state index contributed by atoms with van der Waals surface area (Å²) in [6.45, 7) is 2.89. The molecule has 0 aliphatic carbocycles. The number of carboxylic acids is 1. The Morgan fingerprint density at radius 2 is 1.70 bits per heavy atom. The summed E-state index contributed by atoms with van der Waals surface area (Å²) >= 11 is 7.74. The molecule has 3 aromatic rings. The van der Waals surface area contributed by atoms with Gasteiger partial charge in [-0.1, -0.05) is 54.1 Å². The van der Waals surface area contributed by atoms with E-state index in [1.807, 2.05) is 67.6 Å². The van der Waals surface area contributed by atoms with Crippen LogP contribution in [0.5, 0.6) is 5.75 Å². The lowest BCUT2D eigenvalue weighted by Crippen LogP contribution is -2.34. The van der Waals surface area contributed by atoms with E-state index in [0.29, 0.717) is 29.4 Å². The molecule has 0 bridgehead atoms. The number of rotatable bonds is 11. The third-order valence-corrected chi connectivity index (χ3v) is 6.55. The molecule has 0 heterocycles. The van der Waals surface area contributed by atoms with Crippen molar-refractivity contribution in [2.75, 3.05) is 18.9 Å². The minimum absolute atomic E-state index is 0.0422. The molecule has 0 aliphatic heterocycles. The molecule has 3 aromatic carbocycles. The molecule has 3 rings (SSSR count). The van der Waals surface area contributed by atoms with Gasteiger partial charge in [0.2, 0.25) is 0 Å². The summed E-state index contributed by atoms with van der Waals surface area (Å²) in [6, 6.07) is 22.1. The van der Waals surface area contributed by atoms with Crippen molar-refractivity contribution in [3.63, 3.8) is 0 Å². The molecule has 1 N–H and O–H groups in total. The molecular formula is C26H26ClNO4S. The average molecular weight is 484 g/mol. The maximum Gasteiger partial charge on any atom is 0.336 e. The highest BCUT2D eigenvalue weighted by Crippen LogP contribution is 2.24. The van der Waals surface area contributed by atoms with E-state index in [1.54, 1.807) is 17.0 Å². The van der Waals surface area contributed by atoms with Crippen LogP contribution in [-0.2, 0) is 17.8 Å². The molecule has 0 aromatic heterocycles. The number of hydrogen-bond donors (Lipinski definition) is 1. The zero-order valence-corrected chi connectivity index (χ0v) is 19.9. The number of likely N-dealkylation sites (N-methyl/N-ethyl adjacent to an activating group) is 1. The SMILES string of the molecule is CCN(Cc1ccccc1Cl)C(=O)COc1ccc(CCSc2ccccc2C(=O)O)cc1. The van der Waals surface area contributed by atoms with Crippen molar-refractivity contribution < 1.29 is 19.4 Å². The molecule has 0 radical (unpaired) electrons. The standard InChI is InChI=1S/C26H26ClNO4S/c1-2-28(17-20-7-3-5-9-23(20)27)25(29)18-32-21-13-11-19(12-14-21)15-16-33-24-10-6-4-8-22(24)26(30)31/h3-14H,2,15-18H2,1H3,(H,30,31). The van der Waals surface area contributed by atoms with E-state index in [0.717, 1.165) is 28.2 Å². The van der Waals surface area contributed by atoms with Crippen LogP contribution in [0.4, 0.5) is 0 Å². The Labute approximate surface area is 203 Å². The van der Waals surface area contributed by atoms with Crippen LogP contribution >= 0.6 is 23.4 Å². The van der Waals surface area contributed by atoms with Gasteiger partial charge >= 0.3 is 5.97 Å². The first-order chi connectivity index (χ1) is 16.0. The molecule has 0 saturated heterocycles. The van der Waals surface area contributed by atoms with Crippen LogP contribution in [0.3, 0.4) is 0 Å². The number of halogens is 1. The molecule has 5 nitrogen and oxygen atoms in total. The second kappa shape index (κ2) is 12.3. The lowest BCUT2D eigenvalue weighted by Gasteiger charge is -2.21. The number of amides is 1. The van der Waals surface area contributed by atoms with Crippen molar-refractivity contribution in [2.24, 2.45) is 0 Å². The Morgan fingerprint density at radius 1 is 1.00 bits per heavy atom. The number of hydrogen-bond acceptors (Lipinski definition) is 4. The van der Waals surface area contributed by atoms with Gasteiger partial charge in [-0.25, -0.2) is 4.79 Å². The first kappa shape index (κ1) is 24.7. The number of aromatic carboxylic acids is 1. The summed E-state index contributed by atoms with van der Waals surface area (Å²) in [5.41, 5.74) is 2.34. The fraction of sp³-hybridized carbons (Fsp3) is 0.231. The largest absolute Gasteiger partial charge is 0.484 e. The first-order valence-electron chi connectivity index (χ1n) is 10.7. The Hall–Kier alpha value is -2.96. The summed E-state index contributed by atoms with van der Waals surface area (Å²) in [4.78, 5) is 26.4. The van der Waals surface area contributed by atoms with Gasteiger partial charge in [0.15, 0.2) is 6.61 Å². The van der Waals surface area contributed by atoms with Crippen molar-refractivity contribution in [1.82, 2.24) is 4.90 Å². The molecule has 0 saturated carbocycles. The molecule has 33 heavy (non-hydrogen) atoms. The number of benzene rings is 3. The number of ether oxygens (including phenoxy) is 1. The Morgan fingerprint density at radius 3 is 2.39 bits per heavy atom. The summed E-state index contributed by atoms with van der Waals surface area (Å²) in [7, 11) is 0. The van der Waals surface area contributed by atoms with E-state index in [-0.39, 0.29) is 12.5 Å². The van der Waals surface area contributed by atoms with Crippen LogP contribution in [-0.4, -0.2) is 40.8 Å². The number of carboxylic acid groups (broad SMARTS) is 1. The fourth-order valence-electron chi connectivity index (χ4n) is 3.25. The second-order valence-corrected chi connectivity index (χ2v) is 8.88. The predicted octanol–water partition coefficient (Wildman–Crippen LogP) is 5.80. The molecule has 7 heteroatoms. The lowest BCUT2D eigenvalue weighted by molar-refractivity contribution is -0.133. The van der Waals surface area contributed by atoms with Crippen LogP contribution in [0.15, 0.2) is 77.7 Å². The van der Waals surface area contributed by atoms with Crippen LogP contribution in [0, 0.1) is 0 Å². The Balaban J connectivity index is 1.47. The van der Waals surface area contributed by atoms with Crippen LogP contribution in [0.2, 0.25) is 5.02 Å². The zero-order valence-electron chi connectivity index (χ0n) is 18.4. The third-order valence-electron chi connectivity index (χ3n) is 5.10. The number of aryl methyl sites for hydroxylation is 1. The van der Waals surface area contributed by atoms with Crippen molar-refractivity contribution >= 4 is 35.2 Å². The van der Waals surface area contributed by atoms with Crippen molar-refractivity contribution in [3.05, 3.63) is 94.5 Å². The highest BCUT2D eigenvalue weighted by Gasteiger charge is 2.14. The van der Waals surface area contributed by atoms with Gasteiger partial charge in [0.05, 0.1) is 5.56 Å². The molecule has 1 amide bonds. The third kappa shape index (κ3) is 7.27. The molecule has 0 atom stereocenters. The highest BCUT2D eigenvalue weighted by atomic mass is 35.5. The molecule has 0 spiro atoms. The number of carbonyl (C=O) groups is 2. The minimum atomic E-state index is -0.914. The summed E-state index contributed by atoms with van der Waals surface area (Å²) in [6.07, 6.45) is 0.791. The van der Waals surface area contributed by atoms with Crippen LogP contribution in [0.1, 0.15) is 28.4 Å². The molecule has 172 valence electrons. The molecule has 0 unspecified atom stereocenters. The van der Waals surface area contributed by atoms with Gasteiger partial charge < -0.3 is 14.7 Å². The Bertz CT molecular complexity index is 1090. The van der Waals surface area contributed by atoms with E-state index < -0.39 is 5.97 Å². The van der Waals surface area contributed by atoms with Crippen molar-refractivity contribution in [2.45, 2.75) is 24.8 Å². The van der Waals surface area contributed by atoms with Gasteiger partial charge in [0.25, 0.3) is 5.91 Å². The monoisotopic (exact) mass is 483 g/mol. The summed E-state index contributed by atoms with van der Waals surface area (Å²) in [5, 5.41) is 9.92. The van der Waals surface area contributed by atoms with E-state index >= 15 is 0 Å². The lowest BCUT2D eigenvalue weighted by atomic mass is 10.2. The van der Waals surface area contributed by atoms with Crippen LogP contribution in [0.25, 0.3) is 0 Å². The van der Waals surface area contributed by atoms with Gasteiger partial charge in [0.1, 0.15) is 5.75 Å². The molecule has 0 fully saturated rings. The average Bonchev–Trinajstić information content (AvgIpc) is 2.83. The summed E-state index contributed by atoms with van der Waals surface area (Å²) < 4.78 is 5.69. The molecule has 0 aliphatic rings.